The van der Waals surface area contributed by atoms with Gasteiger partial charge in [-0.2, -0.15) is 0 Å². The smallest absolute Gasteiger partial charge is 0.150 e. The number of rotatable bonds is 8. The highest BCUT2D eigenvalue weighted by atomic mass is 16.5. The Morgan fingerprint density at radius 1 is 0.917 bits per heavy atom. The normalized spacial score (nSPS) is 14.2. The fourth-order valence-corrected chi connectivity index (χ4v) is 4.00. The van der Waals surface area contributed by atoms with E-state index in [2.05, 4.69) is 31.2 Å². The van der Waals surface area contributed by atoms with Gasteiger partial charge >= 0.3 is 0 Å². The zero-order valence-electron chi connectivity index (χ0n) is 14.7. The fraction of sp³-hybridized carbons (Fsp3) is 0.409. The molecule has 2 nitrogen and oxygen atoms in total. The molecule has 0 bridgehead atoms. The molecule has 2 aromatic rings. The second-order valence-electron chi connectivity index (χ2n) is 6.66. The van der Waals surface area contributed by atoms with Gasteiger partial charge in [-0.15, -0.1) is 0 Å². The molecule has 0 fully saturated rings. The Hall–Kier alpha value is -1.93. The van der Waals surface area contributed by atoms with Gasteiger partial charge in [0.15, 0.2) is 0 Å². The van der Waals surface area contributed by atoms with Crippen molar-refractivity contribution in [1.29, 1.82) is 0 Å². The minimum absolute atomic E-state index is 0.290. The molecule has 0 aliphatic heterocycles. The van der Waals surface area contributed by atoms with Gasteiger partial charge < -0.3 is 4.74 Å². The van der Waals surface area contributed by atoms with Crippen LogP contribution in [-0.4, -0.2) is 19.5 Å². The first-order valence-corrected chi connectivity index (χ1v) is 8.97. The third kappa shape index (κ3) is 2.69. The largest absolute Gasteiger partial charge is 0.383 e. The fourth-order valence-electron chi connectivity index (χ4n) is 4.00. The van der Waals surface area contributed by atoms with Crippen LogP contribution >= 0.6 is 0 Å². The quantitative estimate of drug-likeness (QED) is 0.629. The van der Waals surface area contributed by atoms with Crippen LogP contribution in [0, 0.1) is 0 Å². The number of fused-ring (bicyclic) bond motifs is 3. The highest BCUT2D eigenvalue weighted by Gasteiger charge is 2.48. The second kappa shape index (κ2) is 7.31. The van der Waals surface area contributed by atoms with Crippen LogP contribution in [0.3, 0.4) is 0 Å². The van der Waals surface area contributed by atoms with Gasteiger partial charge in [0.1, 0.15) is 11.2 Å². The lowest BCUT2D eigenvalue weighted by molar-refractivity contribution is -0.124. The van der Waals surface area contributed by atoms with Crippen molar-refractivity contribution in [1.82, 2.24) is 0 Å². The summed E-state index contributed by atoms with van der Waals surface area (Å²) in [5.41, 5.74) is 3.91. The molecule has 2 heteroatoms. The molecule has 0 spiro atoms. The van der Waals surface area contributed by atoms with Crippen molar-refractivity contribution < 1.29 is 9.53 Å². The summed E-state index contributed by atoms with van der Waals surface area (Å²) in [5, 5.41) is 0. The summed E-state index contributed by atoms with van der Waals surface area (Å²) >= 11 is 0. The lowest BCUT2D eigenvalue weighted by Gasteiger charge is -2.30. The molecule has 2 aromatic carbocycles. The minimum atomic E-state index is -0.645. The maximum Gasteiger partial charge on any atom is 0.150 e. The Morgan fingerprint density at radius 2 is 1.50 bits per heavy atom. The summed E-state index contributed by atoms with van der Waals surface area (Å²) in [6.45, 7) is 2.60. The summed E-state index contributed by atoms with van der Waals surface area (Å²) in [5.74, 6) is 0.290. The lowest BCUT2D eigenvalue weighted by Crippen LogP contribution is -2.39. The number of methoxy groups -OCH3 is 1. The predicted molar refractivity (Wildman–Crippen MR) is 98.3 cm³/mol. The van der Waals surface area contributed by atoms with Crippen molar-refractivity contribution >= 4 is 5.78 Å². The van der Waals surface area contributed by atoms with E-state index in [1.807, 2.05) is 24.3 Å². The summed E-state index contributed by atoms with van der Waals surface area (Å²) in [7, 11) is 1.69. The number of hydrogen-bond acceptors (Lipinski definition) is 2. The number of hydrogen-bond donors (Lipinski definition) is 0. The summed E-state index contributed by atoms with van der Waals surface area (Å²) in [6.07, 6.45) is 5.07. The summed E-state index contributed by atoms with van der Waals surface area (Å²) < 4.78 is 5.57. The van der Waals surface area contributed by atoms with Crippen molar-refractivity contribution in [2.24, 2.45) is 0 Å². The Labute approximate surface area is 144 Å². The average Bonchev–Trinajstić information content (AvgIpc) is 2.91. The highest BCUT2D eigenvalue weighted by Crippen LogP contribution is 2.50. The van der Waals surface area contributed by atoms with Crippen LogP contribution in [0.4, 0.5) is 0 Å². The van der Waals surface area contributed by atoms with Crippen LogP contribution in [0.15, 0.2) is 48.5 Å². The van der Waals surface area contributed by atoms with E-state index in [1.165, 1.54) is 24.0 Å². The molecule has 0 atom stereocenters. The van der Waals surface area contributed by atoms with Crippen LogP contribution in [0.2, 0.25) is 0 Å². The molecule has 24 heavy (non-hydrogen) atoms. The molecule has 0 heterocycles. The maximum absolute atomic E-state index is 13.4. The summed E-state index contributed by atoms with van der Waals surface area (Å²) in [6, 6.07) is 16.6. The summed E-state index contributed by atoms with van der Waals surface area (Å²) in [4.78, 5) is 13.4. The van der Waals surface area contributed by atoms with Crippen molar-refractivity contribution in [2.45, 2.75) is 44.4 Å². The van der Waals surface area contributed by atoms with Gasteiger partial charge in [0, 0.05) is 13.5 Å². The van der Waals surface area contributed by atoms with Gasteiger partial charge in [0.05, 0.1) is 6.61 Å². The van der Waals surface area contributed by atoms with Gasteiger partial charge in [-0.05, 0) is 28.7 Å². The van der Waals surface area contributed by atoms with Crippen molar-refractivity contribution in [3.8, 4) is 11.1 Å². The lowest BCUT2D eigenvalue weighted by atomic mass is 9.73. The van der Waals surface area contributed by atoms with E-state index in [1.54, 1.807) is 7.11 Å². The van der Waals surface area contributed by atoms with E-state index in [4.69, 9.17) is 4.74 Å². The number of carbonyl (C=O) groups is 1. The van der Waals surface area contributed by atoms with Gasteiger partial charge in [0.25, 0.3) is 0 Å². The van der Waals surface area contributed by atoms with Gasteiger partial charge in [-0.1, -0.05) is 74.7 Å². The molecule has 0 aromatic heterocycles. The SMILES string of the molecule is CCCCCCC(=O)C1(COC)c2ccccc2-c2ccccc21. The molecule has 0 saturated heterocycles. The first-order chi connectivity index (χ1) is 11.8. The molecular formula is C22H26O2. The zero-order chi connectivity index (χ0) is 17.0. The highest BCUT2D eigenvalue weighted by molar-refractivity contribution is 6.01. The van der Waals surface area contributed by atoms with Crippen LogP contribution in [0.1, 0.15) is 50.2 Å². The monoisotopic (exact) mass is 322 g/mol. The third-order valence-corrected chi connectivity index (χ3v) is 5.16. The van der Waals surface area contributed by atoms with E-state index < -0.39 is 5.41 Å². The number of benzene rings is 2. The number of unbranched alkanes of at least 4 members (excludes halogenated alkanes) is 3. The maximum atomic E-state index is 13.4. The minimum Gasteiger partial charge on any atom is -0.383 e. The molecule has 0 unspecified atom stereocenters. The number of ether oxygens (including phenoxy) is 1. The van der Waals surface area contributed by atoms with Crippen LogP contribution < -0.4 is 0 Å². The molecular weight excluding hydrogens is 296 g/mol. The van der Waals surface area contributed by atoms with E-state index in [0.29, 0.717) is 13.0 Å². The van der Waals surface area contributed by atoms with Crippen LogP contribution in [-0.2, 0) is 14.9 Å². The van der Waals surface area contributed by atoms with Gasteiger partial charge in [0.2, 0.25) is 0 Å². The van der Waals surface area contributed by atoms with E-state index >= 15 is 0 Å². The topological polar surface area (TPSA) is 26.3 Å². The molecule has 0 saturated carbocycles. The third-order valence-electron chi connectivity index (χ3n) is 5.16. The van der Waals surface area contributed by atoms with Crippen molar-refractivity contribution in [3.05, 3.63) is 59.7 Å². The van der Waals surface area contributed by atoms with Crippen molar-refractivity contribution in [2.75, 3.05) is 13.7 Å². The first-order valence-electron chi connectivity index (χ1n) is 8.97. The second-order valence-corrected chi connectivity index (χ2v) is 6.66. The van der Waals surface area contributed by atoms with Crippen LogP contribution in [0.25, 0.3) is 11.1 Å². The molecule has 3 rings (SSSR count). The van der Waals surface area contributed by atoms with Gasteiger partial charge in [-0.25, -0.2) is 0 Å². The predicted octanol–water partition coefficient (Wildman–Crippen LogP) is 5.14. The Bertz CT molecular complexity index is 672. The Morgan fingerprint density at radius 3 is 2.04 bits per heavy atom. The first kappa shape index (κ1) is 16.9. The average molecular weight is 322 g/mol. The molecule has 0 N–H and O–H groups in total. The Kier molecular flexibility index (Phi) is 5.15. The van der Waals surface area contributed by atoms with E-state index in [0.717, 1.165) is 24.0 Å². The molecule has 0 radical (unpaired) electrons. The molecule has 126 valence electrons. The molecule has 1 aliphatic carbocycles. The Balaban J connectivity index is 2.04. The van der Waals surface area contributed by atoms with Crippen LogP contribution in [0.5, 0.6) is 0 Å². The van der Waals surface area contributed by atoms with Crippen molar-refractivity contribution in [3.63, 3.8) is 0 Å². The van der Waals surface area contributed by atoms with E-state index in [9.17, 15) is 4.79 Å². The van der Waals surface area contributed by atoms with E-state index in [-0.39, 0.29) is 5.78 Å². The number of carbonyl (C=O) groups excluding carboxylic acids is 1. The standard InChI is InChI=1S/C22H26O2/c1-3-4-5-6-15-21(23)22(16-24-2)19-13-9-7-11-17(19)18-12-8-10-14-20(18)22/h7-14H,3-6,15-16H2,1-2H3. The molecule has 1 aliphatic rings. The molecule has 0 amide bonds. The number of Topliss-reactive ketones (excluding diaryl/α,β-unsaturated/α-hetero) is 1. The van der Waals surface area contributed by atoms with Gasteiger partial charge in [-0.3, -0.25) is 4.79 Å². The zero-order valence-corrected chi connectivity index (χ0v) is 14.7. The number of ketones is 1.